The minimum Gasteiger partial charge on any atom is -0.382 e. The van der Waals surface area contributed by atoms with Crippen molar-refractivity contribution >= 4 is 16.5 Å². The molecule has 3 rings (SSSR count). The molecule has 1 aliphatic carbocycles. The molecule has 1 aliphatic rings. The first-order valence-electron chi connectivity index (χ1n) is 8.09. The van der Waals surface area contributed by atoms with Crippen molar-refractivity contribution in [1.29, 1.82) is 0 Å². The summed E-state index contributed by atoms with van der Waals surface area (Å²) in [6.45, 7) is 9.63. The van der Waals surface area contributed by atoms with Crippen LogP contribution in [0, 0.1) is 10.8 Å². The lowest BCUT2D eigenvalue weighted by atomic mass is 9.63. The quantitative estimate of drug-likeness (QED) is 0.727. The second kappa shape index (κ2) is 5.05. The summed E-state index contributed by atoms with van der Waals surface area (Å²) in [5.41, 5.74) is 2.13. The van der Waals surface area contributed by atoms with Gasteiger partial charge in [0, 0.05) is 17.1 Å². The van der Waals surface area contributed by atoms with Gasteiger partial charge in [-0.3, -0.25) is 0 Å². The van der Waals surface area contributed by atoms with Crippen LogP contribution < -0.4 is 5.32 Å². The summed E-state index contributed by atoms with van der Waals surface area (Å²) in [6.07, 6.45) is 3.81. The topological polar surface area (TPSA) is 12.0 Å². The highest BCUT2D eigenvalue weighted by molar-refractivity contribution is 5.93. The van der Waals surface area contributed by atoms with Crippen LogP contribution in [0.4, 0.5) is 5.69 Å². The molecule has 0 spiro atoms. The molecule has 1 N–H and O–H groups in total. The Morgan fingerprint density at radius 1 is 0.857 bits per heavy atom. The Balaban J connectivity index is 1.88. The molecule has 21 heavy (non-hydrogen) atoms. The Morgan fingerprint density at radius 2 is 1.48 bits per heavy atom. The number of hydrogen-bond donors (Lipinski definition) is 1. The van der Waals surface area contributed by atoms with E-state index in [-0.39, 0.29) is 0 Å². The van der Waals surface area contributed by atoms with Crippen LogP contribution in [0.3, 0.4) is 0 Å². The Labute approximate surface area is 128 Å². The van der Waals surface area contributed by atoms with Crippen LogP contribution in [0.25, 0.3) is 10.8 Å². The predicted molar refractivity (Wildman–Crippen MR) is 92.8 cm³/mol. The van der Waals surface area contributed by atoms with Crippen LogP contribution in [-0.2, 0) is 0 Å². The van der Waals surface area contributed by atoms with Gasteiger partial charge in [0.05, 0.1) is 0 Å². The molecule has 0 radical (unpaired) electrons. The first kappa shape index (κ1) is 14.4. The minimum absolute atomic E-state index is 0.421. The Kier molecular flexibility index (Phi) is 3.47. The molecule has 2 aromatic carbocycles. The number of nitrogens with one attached hydrogen (secondary N) is 1. The summed E-state index contributed by atoms with van der Waals surface area (Å²) < 4.78 is 0. The van der Waals surface area contributed by atoms with Crippen molar-refractivity contribution in [3.8, 4) is 0 Å². The molecule has 112 valence electrons. The lowest BCUT2D eigenvalue weighted by Gasteiger charge is -2.45. The minimum atomic E-state index is 0.421. The molecule has 1 heteroatoms. The number of anilines is 1. The van der Waals surface area contributed by atoms with Crippen molar-refractivity contribution in [2.24, 2.45) is 10.8 Å². The monoisotopic (exact) mass is 281 g/mol. The molecule has 1 fully saturated rings. The third kappa shape index (κ3) is 3.23. The lowest BCUT2D eigenvalue weighted by Crippen LogP contribution is -2.40. The van der Waals surface area contributed by atoms with Gasteiger partial charge >= 0.3 is 0 Å². The van der Waals surface area contributed by atoms with Crippen LogP contribution in [0.2, 0.25) is 0 Å². The summed E-state index contributed by atoms with van der Waals surface area (Å²) in [4.78, 5) is 0. The Morgan fingerprint density at radius 3 is 2.19 bits per heavy atom. The maximum atomic E-state index is 3.84. The van der Waals surface area contributed by atoms with Gasteiger partial charge in [-0.05, 0) is 41.5 Å². The van der Waals surface area contributed by atoms with Crippen LogP contribution >= 0.6 is 0 Å². The third-order valence-corrected chi connectivity index (χ3v) is 4.70. The van der Waals surface area contributed by atoms with E-state index in [4.69, 9.17) is 0 Å². The summed E-state index contributed by atoms with van der Waals surface area (Å²) in [7, 11) is 0. The molecule has 1 saturated carbocycles. The number of fused-ring (bicyclic) bond motifs is 1. The number of benzene rings is 2. The Hall–Kier alpha value is -1.50. The fourth-order valence-corrected chi connectivity index (χ4v) is 4.52. The average molecular weight is 281 g/mol. The SMILES string of the molecule is CC1(C)CC(Nc2cccc3ccccc23)CC(C)(C)C1. The van der Waals surface area contributed by atoms with Crippen LogP contribution in [-0.4, -0.2) is 6.04 Å². The van der Waals surface area contributed by atoms with Gasteiger partial charge in [-0.25, -0.2) is 0 Å². The first-order valence-corrected chi connectivity index (χ1v) is 8.09. The average Bonchev–Trinajstić information content (AvgIpc) is 2.35. The highest BCUT2D eigenvalue weighted by atomic mass is 14.9. The third-order valence-electron chi connectivity index (χ3n) is 4.70. The van der Waals surface area contributed by atoms with E-state index in [2.05, 4.69) is 75.5 Å². The highest BCUT2D eigenvalue weighted by Gasteiger charge is 2.38. The Bertz CT molecular complexity index is 618. The van der Waals surface area contributed by atoms with E-state index in [1.54, 1.807) is 0 Å². The van der Waals surface area contributed by atoms with Crippen molar-refractivity contribution < 1.29 is 0 Å². The van der Waals surface area contributed by atoms with Gasteiger partial charge in [0.15, 0.2) is 0 Å². The largest absolute Gasteiger partial charge is 0.382 e. The number of hydrogen-bond acceptors (Lipinski definition) is 1. The van der Waals surface area contributed by atoms with E-state index in [9.17, 15) is 0 Å². The van der Waals surface area contributed by atoms with Crippen molar-refractivity contribution in [1.82, 2.24) is 0 Å². The molecule has 0 unspecified atom stereocenters. The van der Waals surface area contributed by atoms with Crippen LogP contribution in [0.15, 0.2) is 42.5 Å². The maximum absolute atomic E-state index is 3.84. The highest BCUT2D eigenvalue weighted by Crippen LogP contribution is 2.46. The normalized spacial score (nSPS) is 21.3. The van der Waals surface area contributed by atoms with E-state index >= 15 is 0 Å². The van der Waals surface area contributed by atoms with Gasteiger partial charge in [-0.2, -0.15) is 0 Å². The van der Waals surface area contributed by atoms with Crippen molar-refractivity contribution in [3.63, 3.8) is 0 Å². The molecule has 0 bridgehead atoms. The van der Waals surface area contributed by atoms with Gasteiger partial charge in [0.2, 0.25) is 0 Å². The predicted octanol–water partition coefficient (Wildman–Crippen LogP) is 5.86. The van der Waals surface area contributed by atoms with Crippen LogP contribution in [0.5, 0.6) is 0 Å². The van der Waals surface area contributed by atoms with Gasteiger partial charge < -0.3 is 5.32 Å². The van der Waals surface area contributed by atoms with Crippen molar-refractivity contribution in [3.05, 3.63) is 42.5 Å². The second-order valence-electron chi connectivity index (χ2n) is 8.28. The molecule has 2 aromatic rings. The van der Waals surface area contributed by atoms with Crippen molar-refractivity contribution in [2.45, 2.75) is 53.0 Å². The van der Waals surface area contributed by atoms with E-state index < -0.39 is 0 Å². The zero-order valence-electron chi connectivity index (χ0n) is 13.7. The molecule has 0 amide bonds. The summed E-state index contributed by atoms with van der Waals surface area (Å²) >= 11 is 0. The maximum Gasteiger partial charge on any atom is 0.0422 e. The second-order valence-corrected chi connectivity index (χ2v) is 8.28. The first-order chi connectivity index (χ1) is 9.85. The zero-order chi connectivity index (χ0) is 15.1. The molecule has 0 atom stereocenters. The molecule has 0 saturated heterocycles. The fourth-order valence-electron chi connectivity index (χ4n) is 4.52. The fraction of sp³-hybridized carbons (Fsp3) is 0.500. The summed E-state index contributed by atoms with van der Waals surface area (Å²) in [5.74, 6) is 0. The standard InChI is InChI=1S/C20H27N/c1-19(2)12-16(13-20(3,4)14-19)21-18-11-7-9-15-8-5-6-10-17(15)18/h5-11,16,21H,12-14H2,1-4H3. The van der Waals surface area contributed by atoms with E-state index in [1.807, 2.05) is 0 Å². The summed E-state index contributed by atoms with van der Waals surface area (Å²) in [6, 6.07) is 15.8. The molecule has 1 nitrogen and oxygen atoms in total. The zero-order valence-corrected chi connectivity index (χ0v) is 13.7. The van der Waals surface area contributed by atoms with Crippen LogP contribution in [0.1, 0.15) is 47.0 Å². The molecule has 0 aliphatic heterocycles. The van der Waals surface area contributed by atoms with Crippen molar-refractivity contribution in [2.75, 3.05) is 5.32 Å². The van der Waals surface area contributed by atoms with Gasteiger partial charge in [-0.15, -0.1) is 0 Å². The molecular weight excluding hydrogens is 254 g/mol. The summed E-state index contributed by atoms with van der Waals surface area (Å²) in [5, 5.41) is 6.49. The van der Waals surface area contributed by atoms with E-state index in [0.717, 1.165) is 0 Å². The van der Waals surface area contributed by atoms with Gasteiger partial charge in [-0.1, -0.05) is 64.1 Å². The van der Waals surface area contributed by atoms with Gasteiger partial charge in [0.1, 0.15) is 0 Å². The molecule has 0 heterocycles. The van der Waals surface area contributed by atoms with E-state index in [0.29, 0.717) is 16.9 Å². The van der Waals surface area contributed by atoms with Gasteiger partial charge in [0.25, 0.3) is 0 Å². The molecule has 0 aromatic heterocycles. The van der Waals surface area contributed by atoms with E-state index in [1.165, 1.54) is 35.7 Å². The molecular formula is C20H27N. The number of rotatable bonds is 2. The lowest BCUT2D eigenvalue weighted by molar-refractivity contribution is 0.105. The smallest absolute Gasteiger partial charge is 0.0422 e.